The number of benzene rings is 4. The second-order valence-electron chi connectivity index (χ2n) is 6.18. The van der Waals surface area contributed by atoms with E-state index in [1.54, 1.807) is 29.5 Å². The number of thiophene rings is 1. The van der Waals surface area contributed by atoms with Crippen LogP contribution < -0.4 is 0 Å². The zero-order valence-electron chi connectivity index (χ0n) is 13.2. The van der Waals surface area contributed by atoms with Gasteiger partial charge in [-0.1, -0.05) is 36.4 Å². The van der Waals surface area contributed by atoms with E-state index in [1.807, 2.05) is 24.3 Å². The Morgan fingerprint density at radius 1 is 0.640 bits per heavy atom. The van der Waals surface area contributed by atoms with Crippen LogP contribution in [0.1, 0.15) is 0 Å². The molecule has 4 aromatic carbocycles. The topological polar surface area (TPSA) is 40.5 Å². The fraction of sp³-hybridized carbons (Fsp3) is 0. The standard InChI is InChI=1S/C22H14O2S/c23-15-7-5-13(6-8-15)21-17-10-9-16(24)11-14(17)12-20-22(21)18-3-1-2-4-19(18)25-20/h1-12,23-24H. The van der Waals surface area contributed by atoms with Gasteiger partial charge in [0.2, 0.25) is 0 Å². The van der Waals surface area contributed by atoms with Crippen molar-refractivity contribution in [3.63, 3.8) is 0 Å². The van der Waals surface area contributed by atoms with E-state index in [9.17, 15) is 10.2 Å². The number of hydrogen-bond donors (Lipinski definition) is 2. The summed E-state index contributed by atoms with van der Waals surface area (Å²) >= 11 is 1.76. The summed E-state index contributed by atoms with van der Waals surface area (Å²) < 4.78 is 2.44. The highest BCUT2D eigenvalue weighted by atomic mass is 32.1. The summed E-state index contributed by atoms with van der Waals surface area (Å²) in [4.78, 5) is 0. The Morgan fingerprint density at radius 2 is 1.40 bits per heavy atom. The first-order chi connectivity index (χ1) is 12.2. The van der Waals surface area contributed by atoms with Crippen molar-refractivity contribution in [1.82, 2.24) is 0 Å². The molecule has 0 radical (unpaired) electrons. The first-order valence-electron chi connectivity index (χ1n) is 8.07. The quantitative estimate of drug-likeness (QED) is 0.376. The molecule has 0 spiro atoms. The van der Waals surface area contributed by atoms with Gasteiger partial charge in [0.15, 0.2) is 0 Å². The van der Waals surface area contributed by atoms with Gasteiger partial charge in [-0.3, -0.25) is 0 Å². The third kappa shape index (κ3) is 2.17. The molecule has 0 unspecified atom stereocenters. The first kappa shape index (κ1) is 14.3. The fourth-order valence-corrected chi connectivity index (χ4v) is 4.69. The molecule has 2 nitrogen and oxygen atoms in total. The minimum absolute atomic E-state index is 0.257. The summed E-state index contributed by atoms with van der Waals surface area (Å²) in [6.07, 6.45) is 0. The lowest BCUT2D eigenvalue weighted by atomic mass is 9.93. The Bertz CT molecular complexity index is 1250. The summed E-state index contributed by atoms with van der Waals surface area (Å²) in [6.45, 7) is 0. The Kier molecular flexibility index (Phi) is 2.99. The van der Waals surface area contributed by atoms with Gasteiger partial charge in [0.05, 0.1) is 0 Å². The van der Waals surface area contributed by atoms with Crippen LogP contribution in [-0.4, -0.2) is 10.2 Å². The summed E-state index contributed by atoms with van der Waals surface area (Å²) in [5.74, 6) is 0.526. The molecule has 5 aromatic rings. The van der Waals surface area contributed by atoms with E-state index >= 15 is 0 Å². The van der Waals surface area contributed by atoms with Crippen LogP contribution in [0.5, 0.6) is 11.5 Å². The minimum Gasteiger partial charge on any atom is -0.508 e. The van der Waals surface area contributed by atoms with E-state index in [0.29, 0.717) is 0 Å². The predicted molar refractivity (Wildman–Crippen MR) is 106 cm³/mol. The molecule has 0 saturated heterocycles. The second-order valence-corrected chi connectivity index (χ2v) is 7.26. The molecule has 3 heteroatoms. The van der Waals surface area contributed by atoms with E-state index in [2.05, 4.69) is 30.3 Å². The van der Waals surface area contributed by atoms with Gasteiger partial charge in [0.1, 0.15) is 11.5 Å². The number of aromatic hydroxyl groups is 2. The zero-order chi connectivity index (χ0) is 17.0. The van der Waals surface area contributed by atoms with Crippen molar-refractivity contribution in [2.24, 2.45) is 0 Å². The summed E-state index contributed by atoms with van der Waals surface area (Å²) in [6, 6.07) is 23.4. The van der Waals surface area contributed by atoms with Crippen molar-refractivity contribution in [3.05, 3.63) is 72.8 Å². The summed E-state index contributed by atoms with van der Waals surface area (Å²) in [7, 11) is 0. The van der Waals surface area contributed by atoms with Gasteiger partial charge in [-0.15, -0.1) is 11.3 Å². The molecule has 0 bridgehead atoms. The second kappa shape index (κ2) is 5.23. The molecule has 5 rings (SSSR count). The fourth-order valence-electron chi connectivity index (χ4n) is 3.52. The molecular weight excluding hydrogens is 328 g/mol. The maximum Gasteiger partial charge on any atom is 0.116 e. The third-order valence-electron chi connectivity index (χ3n) is 4.62. The van der Waals surface area contributed by atoms with E-state index in [4.69, 9.17) is 0 Å². The van der Waals surface area contributed by atoms with Gasteiger partial charge in [0.25, 0.3) is 0 Å². The molecule has 0 amide bonds. The molecule has 0 aliphatic carbocycles. The van der Waals surface area contributed by atoms with E-state index in [0.717, 1.165) is 21.9 Å². The molecule has 0 aliphatic rings. The summed E-state index contributed by atoms with van der Waals surface area (Å²) in [5, 5.41) is 24.2. The zero-order valence-corrected chi connectivity index (χ0v) is 14.0. The lowest BCUT2D eigenvalue weighted by Gasteiger charge is -2.11. The molecule has 2 N–H and O–H groups in total. The monoisotopic (exact) mass is 342 g/mol. The van der Waals surface area contributed by atoms with Crippen LogP contribution in [0, 0.1) is 0 Å². The lowest BCUT2D eigenvalue weighted by molar-refractivity contribution is 0.475. The molecule has 0 aliphatic heterocycles. The third-order valence-corrected chi connectivity index (χ3v) is 5.74. The number of hydrogen-bond acceptors (Lipinski definition) is 3. The van der Waals surface area contributed by atoms with Crippen LogP contribution in [0.2, 0.25) is 0 Å². The van der Waals surface area contributed by atoms with Crippen LogP contribution >= 0.6 is 11.3 Å². The molecular formula is C22H14O2S. The Balaban J connectivity index is 2.03. The van der Waals surface area contributed by atoms with E-state index in [1.165, 1.54) is 20.2 Å². The van der Waals surface area contributed by atoms with Gasteiger partial charge in [-0.25, -0.2) is 0 Å². The largest absolute Gasteiger partial charge is 0.508 e. The smallest absolute Gasteiger partial charge is 0.116 e. The van der Waals surface area contributed by atoms with Gasteiger partial charge in [-0.2, -0.15) is 0 Å². The van der Waals surface area contributed by atoms with Gasteiger partial charge >= 0.3 is 0 Å². The van der Waals surface area contributed by atoms with Crippen molar-refractivity contribution in [1.29, 1.82) is 0 Å². The molecule has 0 fully saturated rings. The molecule has 0 saturated carbocycles. The van der Waals surface area contributed by atoms with Crippen molar-refractivity contribution in [2.45, 2.75) is 0 Å². The average molecular weight is 342 g/mol. The highest BCUT2D eigenvalue weighted by Gasteiger charge is 2.15. The predicted octanol–water partition coefficient (Wildman–Crippen LogP) is 6.29. The maximum atomic E-state index is 9.91. The SMILES string of the molecule is Oc1ccc(-c2c3ccc(O)cc3cc3sc4ccccc4c23)cc1. The number of fused-ring (bicyclic) bond motifs is 4. The number of phenolic OH excluding ortho intramolecular Hbond substituents is 2. The molecule has 1 aromatic heterocycles. The normalized spacial score (nSPS) is 11.5. The highest BCUT2D eigenvalue weighted by molar-refractivity contribution is 7.26. The van der Waals surface area contributed by atoms with Crippen molar-refractivity contribution >= 4 is 42.3 Å². The van der Waals surface area contributed by atoms with E-state index < -0.39 is 0 Å². The Hall–Kier alpha value is -3.04. The number of rotatable bonds is 1. The van der Waals surface area contributed by atoms with Crippen LogP contribution in [0.3, 0.4) is 0 Å². The minimum atomic E-state index is 0.257. The Labute approximate surface area is 148 Å². The maximum absolute atomic E-state index is 9.91. The van der Waals surface area contributed by atoms with Crippen LogP contribution in [0.15, 0.2) is 72.8 Å². The van der Waals surface area contributed by atoms with Crippen molar-refractivity contribution in [3.8, 4) is 22.6 Å². The lowest BCUT2D eigenvalue weighted by Crippen LogP contribution is -1.84. The molecule has 25 heavy (non-hydrogen) atoms. The van der Waals surface area contributed by atoms with Crippen molar-refractivity contribution < 1.29 is 10.2 Å². The molecule has 1 heterocycles. The van der Waals surface area contributed by atoms with E-state index in [-0.39, 0.29) is 11.5 Å². The van der Waals surface area contributed by atoms with Crippen molar-refractivity contribution in [2.75, 3.05) is 0 Å². The van der Waals surface area contributed by atoms with Gasteiger partial charge in [0, 0.05) is 20.2 Å². The highest BCUT2D eigenvalue weighted by Crippen LogP contribution is 2.44. The van der Waals surface area contributed by atoms with Crippen LogP contribution in [-0.2, 0) is 0 Å². The van der Waals surface area contributed by atoms with Gasteiger partial charge < -0.3 is 10.2 Å². The number of phenols is 2. The van der Waals surface area contributed by atoms with Crippen LogP contribution in [0.25, 0.3) is 42.1 Å². The summed E-state index contributed by atoms with van der Waals surface area (Å²) in [5.41, 5.74) is 2.20. The average Bonchev–Trinajstić information content (AvgIpc) is 2.98. The first-order valence-corrected chi connectivity index (χ1v) is 8.89. The van der Waals surface area contributed by atoms with Crippen LogP contribution in [0.4, 0.5) is 0 Å². The Morgan fingerprint density at radius 3 is 2.24 bits per heavy atom. The molecule has 120 valence electrons. The van der Waals surface area contributed by atoms with Gasteiger partial charge in [-0.05, 0) is 58.3 Å². The molecule has 0 atom stereocenters.